The SMILES string of the molecule is CCn1c(-c2ccc(Cl)cc2)nn(CC#CI)c1=O. The van der Waals surface area contributed by atoms with Gasteiger partial charge in [0.1, 0.15) is 6.54 Å². The molecule has 0 radical (unpaired) electrons. The lowest BCUT2D eigenvalue weighted by Crippen LogP contribution is -2.24. The standard InChI is InChI=1S/C13H11ClIN3O/c1-2-17-12(10-4-6-11(14)7-5-10)16-18(13(17)19)9-3-8-15/h4-7H,2,9H2,1H3. The van der Waals surface area contributed by atoms with E-state index in [2.05, 4.69) is 14.9 Å². The molecule has 0 N–H and O–H groups in total. The number of hydrogen-bond donors (Lipinski definition) is 0. The molecule has 2 rings (SSSR count). The Morgan fingerprint density at radius 1 is 1.37 bits per heavy atom. The Hall–Kier alpha value is -1.26. The van der Waals surface area contributed by atoms with Crippen molar-refractivity contribution >= 4 is 34.2 Å². The molecule has 0 amide bonds. The zero-order valence-electron chi connectivity index (χ0n) is 10.2. The molecule has 1 aromatic heterocycles. The average molecular weight is 388 g/mol. The Bertz CT molecular complexity index is 691. The van der Waals surface area contributed by atoms with Crippen LogP contribution in [0.25, 0.3) is 11.4 Å². The topological polar surface area (TPSA) is 39.8 Å². The van der Waals surface area contributed by atoms with E-state index in [4.69, 9.17) is 11.6 Å². The van der Waals surface area contributed by atoms with Crippen molar-refractivity contribution in [3.05, 3.63) is 39.8 Å². The van der Waals surface area contributed by atoms with E-state index in [0.717, 1.165) is 5.56 Å². The first-order chi connectivity index (χ1) is 9.17. The summed E-state index contributed by atoms with van der Waals surface area (Å²) in [5.41, 5.74) is 0.719. The molecular formula is C13H11ClIN3O. The van der Waals surface area contributed by atoms with Crippen molar-refractivity contribution in [3.8, 4) is 21.2 Å². The molecule has 0 bridgehead atoms. The fraction of sp³-hybridized carbons (Fsp3) is 0.231. The Balaban J connectivity index is 2.52. The molecular weight excluding hydrogens is 377 g/mol. The number of halogens is 2. The van der Waals surface area contributed by atoms with E-state index in [-0.39, 0.29) is 5.69 Å². The van der Waals surface area contributed by atoms with Crippen LogP contribution in [0.5, 0.6) is 0 Å². The van der Waals surface area contributed by atoms with Crippen LogP contribution in [-0.4, -0.2) is 14.3 Å². The maximum absolute atomic E-state index is 12.1. The predicted octanol–water partition coefficient (Wildman–Crippen LogP) is 2.78. The highest BCUT2D eigenvalue weighted by Gasteiger charge is 2.12. The molecule has 0 fully saturated rings. The highest BCUT2D eigenvalue weighted by molar-refractivity contribution is 14.1. The normalized spacial score (nSPS) is 10.1. The van der Waals surface area contributed by atoms with Gasteiger partial charge in [0, 0.05) is 39.7 Å². The van der Waals surface area contributed by atoms with Crippen molar-refractivity contribution in [2.45, 2.75) is 20.0 Å². The fourth-order valence-electron chi connectivity index (χ4n) is 1.75. The minimum Gasteiger partial charge on any atom is -0.275 e. The zero-order chi connectivity index (χ0) is 13.8. The lowest BCUT2D eigenvalue weighted by molar-refractivity contribution is 0.649. The zero-order valence-corrected chi connectivity index (χ0v) is 13.1. The first-order valence-electron chi connectivity index (χ1n) is 5.69. The third-order valence-electron chi connectivity index (χ3n) is 2.64. The molecule has 4 nitrogen and oxygen atoms in total. The summed E-state index contributed by atoms with van der Waals surface area (Å²) in [5.74, 6) is 3.47. The van der Waals surface area contributed by atoms with E-state index in [0.29, 0.717) is 23.9 Å². The molecule has 0 aliphatic carbocycles. The number of rotatable bonds is 3. The number of hydrogen-bond acceptors (Lipinski definition) is 2. The summed E-state index contributed by atoms with van der Waals surface area (Å²) in [6.07, 6.45) is 0. The van der Waals surface area contributed by atoms with E-state index >= 15 is 0 Å². The van der Waals surface area contributed by atoms with Gasteiger partial charge in [-0.05, 0) is 35.1 Å². The van der Waals surface area contributed by atoms with Gasteiger partial charge in [-0.15, -0.1) is 5.10 Å². The molecule has 98 valence electrons. The van der Waals surface area contributed by atoms with Gasteiger partial charge in [-0.2, -0.15) is 0 Å². The van der Waals surface area contributed by atoms with Gasteiger partial charge in [0.2, 0.25) is 0 Å². The molecule has 2 aromatic rings. The van der Waals surface area contributed by atoms with Gasteiger partial charge >= 0.3 is 5.69 Å². The summed E-state index contributed by atoms with van der Waals surface area (Å²) in [5, 5.41) is 4.99. The van der Waals surface area contributed by atoms with Crippen molar-refractivity contribution in [2.75, 3.05) is 0 Å². The third kappa shape index (κ3) is 3.01. The van der Waals surface area contributed by atoms with Crippen LogP contribution in [0.4, 0.5) is 0 Å². The molecule has 0 saturated carbocycles. The minimum atomic E-state index is -0.147. The van der Waals surface area contributed by atoms with Crippen LogP contribution in [0.3, 0.4) is 0 Å². The van der Waals surface area contributed by atoms with E-state index in [1.54, 1.807) is 16.7 Å². The van der Waals surface area contributed by atoms with E-state index in [1.807, 2.05) is 41.6 Å². The first-order valence-corrected chi connectivity index (χ1v) is 7.15. The van der Waals surface area contributed by atoms with Crippen LogP contribution >= 0.6 is 34.2 Å². The van der Waals surface area contributed by atoms with Gasteiger partial charge in [0.25, 0.3) is 0 Å². The highest BCUT2D eigenvalue weighted by Crippen LogP contribution is 2.18. The highest BCUT2D eigenvalue weighted by atomic mass is 127. The van der Waals surface area contributed by atoms with Gasteiger partial charge in [-0.1, -0.05) is 17.5 Å². The second-order valence-electron chi connectivity index (χ2n) is 3.79. The summed E-state index contributed by atoms with van der Waals surface area (Å²) in [7, 11) is 0. The lowest BCUT2D eigenvalue weighted by Gasteiger charge is -2.01. The number of nitrogens with zero attached hydrogens (tertiary/aromatic N) is 3. The summed E-state index contributed by atoms with van der Waals surface area (Å²) >= 11 is 7.80. The molecule has 0 atom stereocenters. The Morgan fingerprint density at radius 3 is 2.63 bits per heavy atom. The van der Waals surface area contributed by atoms with Crippen LogP contribution in [-0.2, 0) is 13.1 Å². The largest absolute Gasteiger partial charge is 0.347 e. The fourth-order valence-corrected chi connectivity index (χ4v) is 2.04. The van der Waals surface area contributed by atoms with Crippen molar-refractivity contribution in [1.29, 1.82) is 0 Å². The van der Waals surface area contributed by atoms with Crippen LogP contribution in [0.15, 0.2) is 29.1 Å². The predicted molar refractivity (Wildman–Crippen MR) is 84.4 cm³/mol. The van der Waals surface area contributed by atoms with E-state index in [1.165, 1.54) is 4.68 Å². The number of aromatic nitrogens is 3. The van der Waals surface area contributed by atoms with Crippen molar-refractivity contribution in [3.63, 3.8) is 0 Å². The second-order valence-corrected chi connectivity index (χ2v) is 4.76. The van der Waals surface area contributed by atoms with Crippen molar-refractivity contribution in [1.82, 2.24) is 14.3 Å². The molecule has 1 heterocycles. The molecule has 1 aromatic carbocycles. The van der Waals surface area contributed by atoms with Crippen LogP contribution in [0, 0.1) is 9.85 Å². The summed E-state index contributed by atoms with van der Waals surface area (Å²) < 4.78 is 5.73. The van der Waals surface area contributed by atoms with E-state index in [9.17, 15) is 4.79 Å². The van der Waals surface area contributed by atoms with Gasteiger partial charge in [-0.25, -0.2) is 9.48 Å². The maximum atomic E-state index is 12.1. The molecule has 19 heavy (non-hydrogen) atoms. The average Bonchev–Trinajstić information content (AvgIpc) is 2.73. The van der Waals surface area contributed by atoms with Crippen LogP contribution < -0.4 is 5.69 Å². The van der Waals surface area contributed by atoms with E-state index < -0.39 is 0 Å². The summed E-state index contributed by atoms with van der Waals surface area (Å²) in [6.45, 7) is 2.78. The summed E-state index contributed by atoms with van der Waals surface area (Å²) in [6, 6.07) is 7.27. The van der Waals surface area contributed by atoms with Crippen molar-refractivity contribution < 1.29 is 0 Å². The van der Waals surface area contributed by atoms with Gasteiger partial charge in [-0.3, -0.25) is 4.57 Å². The van der Waals surface area contributed by atoms with Crippen molar-refractivity contribution in [2.24, 2.45) is 0 Å². The van der Waals surface area contributed by atoms with Gasteiger partial charge < -0.3 is 0 Å². The van der Waals surface area contributed by atoms with Crippen LogP contribution in [0.1, 0.15) is 6.92 Å². The van der Waals surface area contributed by atoms with Gasteiger partial charge in [0.05, 0.1) is 0 Å². The quantitative estimate of drug-likeness (QED) is 0.600. The Morgan fingerprint density at radius 2 is 2.05 bits per heavy atom. The number of benzene rings is 1. The summed E-state index contributed by atoms with van der Waals surface area (Å²) in [4.78, 5) is 12.1. The minimum absolute atomic E-state index is 0.147. The lowest BCUT2D eigenvalue weighted by atomic mass is 10.2. The molecule has 0 aliphatic rings. The molecule has 6 heteroatoms. The third-order valence-corrected chi connectivity index (χ3v) is 3.27. The monoisotopic (exact) mass is 387 g/mol. The second kappa shape index (κ2) is 6.26. The maximum Gasteiger partial charge on any atom is 0.347 e. The molecule has 0 aliphatic heterocycles. The smallest absolute Gasteiger partial charge is 0.275 e. The molecule has 0 unspecified atom stereocenters. The Kier molecular flexibility index (Phi) is 4.66. The van der Waals surface area contributed by atoms with Gasteiger partial charge in [0.15, 0.2) is 5.82 Å². The first kappa shape index (κ1) is 14.2. The molecule has 0 spiro atoms. The molecule has 0 saturated heterocycles. The van der Waals surface area contributed by atoms with Crippen LogP contribution in [0.2, 0.25) is 5.02 Å². The Labute approximate surface area is 129 Å².